The molecule has 3 aromatic rings. The largest absolute Gasteiger partial charge is 0.321 e. The van der Waals surface area contributed by atoms with Gasteiger partial charge in [0.25, 0.3) is 11.5 Å². The summed E-state index contributed by atoms with van der Waals surface area (Å²) < 4.78 is 1.42. The Morgan fingerprint density at radius 1 is 1.30 bits per heavy atom. The number of nitrogens with zero attached hydrogens (tertiary/aromatic N) is 2. The van der Waals surface area contributed by atoms with Gasteiger partial charge in [-0.2, -0.15) is 0 Å². The summed E-state index contributed by atoms with van der Waals surface area (Å²) in [6.07, 6.45) is 2.43. The number of hydrogen-bond donors (Lipinski definition) is 1. The highest BCUT2D eigenvalue weighted by molar-refractivity contribution is 7.20. The van der Waals surface area contributed by atoms with Gasteiger partial charge in [0.2, 0.25) is 0 Å². The van der Waals surface area contributed by atoms with Gasteiger partial charge in [0.05, 0.1) is 16.6 Å². The Hall–Kier alpha value is -2.47. The number of benzene rings is 1. The molecule has 0 aliphatic carbocycles. The van der Waals surface area contributed by atoms with Gasteiger partial charge in [0.1, 0.15) is 4.83 Å². The van der Waals surface area contributed by atoms with Gasteiger partial charge in [-0.05, 0) is 36.6 Å². The third-order valence-corrected chi connectivity index (χ3v) is 5.04. The van der Waals surface area contributed by atoms with E-state index < -0.39 is 0 Å². The Bertz CT molecular complexity index is 939. The Morgan fingerprint density at radius 3 is 2.65 bits per heavy atom. The number of carbonyl (C=O) groups excluding carboxylic acids is 1. The van der Waals surface area contributed by atoms with E-state index in [4.69, 9.17) is 0 Å². The average molecular weight is 327 g/mol. The smallest absolute Gasteiger partial charge is 0.266 e. The highest BCUT2D eigenvalue weighted by Gasteiger charge is 2.19. The van der Waals surface area contributed by atoms with Gasteiger partial charge >= 0.3 is 0 Å². The second-order valence-corrected chi connectivity index (χ2v) is 6.40. The summed E-state index contributed by atoms with van der Waals surface area (Å²) in [6.45, 7) is 3.87. The number of nitrogens with one attached hydrogen (secondary N) is 1. The van der Waals surface area contributed by atoms with Gasteiger partial charge < -0.3 is 9.88 Å². The molecule has 0 fully saturated rings. The van der Waals surface area contributed by atoms with E-state index in [1.807, 2.05) is 24.3 Å². The molecule has 3 rings (SSSR count). The van der Waals surface area contributed by atoms with Crippen LogP contribution in [0.15, 0.2) is 35.4 Å². The fourth-order valence-corrected chi connectivity index (χ4v) is 3.47. The summed E-state index contributed by atoms with van der Waals surface area (Å²) in [5.74, 6) is -0.211. The lowest BCUT2D eigenvalue weighted by Crippen LogP contribution is -2.17. The first-order valence-corrected chi connectivity index (χ1v) is 8.18. The number of aryl methyl sites for hydroxylation is 3. The molecule has 2 heterocycles. The maximum Gasteiger partial charge on any atom is 0.266 e. The maximum atomic E-state index is 12.5. The Morgan fingerprint density at radius 2 is 2.00 bits per heavy atom. The number of amides is 1. The topological polar surface area (TPSA) is 64.0 Å². The molecule has 0 atom stereocenters. The molecule has 0 saturated carbocycles. The van der Waals surface area contributed by atoms with Crippen molar-refractivity contribution in [3.05, 3.63) is 57.0 Å². The minimum absolute atomic E-state index is 0.130. The number of hydrogen-bond acceptors (Lipinski definition) is 4. The van der Waals surface area contributed by atoms with Crippen molar-refractivity contribution in [2.24, 2.45) is 7.05 Å². The molecule has 1 amide bonds. The molecule has 1 aromatic carbocycles. The number of fused-ring (bicyclic) bond motifs is 1. The molecule has 6 heteroatoms. The van der Waals surface area contributed by atoms with E-state index in [9.17, 15) is 9.59 Å². The summed E-state index contributed by atoms with van der Waals surface area (Å²) in [4.78, 5) is 30.1. The molecule has 118 valence electrons. The van der Waals surface area contributed by atoms with Gasteiger partial charge in [-0.15, -0.1) is 11.3 Å². The third-order valence-electron chi connectivity index (χ3n) is 3.84. The van der Waals surface area contributed by atoms with E-state index in [2.05, 4.69) is 17.2 Å². The number of carbonyl (C=O) groups is 1. The zero-order valence-corrected chi connectivity index (χ0v) is 14.0. The number of aromatic nitrogens is 2. The van der Waals surface area contributed by atoms with E-state index >= 15 is 0 Å². The molecule has 0 bridgehead atoms. The van der Waals surface area contributed by atoms with Gasteiger partial charge in [-0.1, -0.05) is 19.1 Å². The van der Waals surface area contributed by atoms with E-state index in [1.54, 1.807) is 14.0 Å². The Balaban J connectivity index is 1.96. The number of rotatable bonds is 3. The first kappa shape index (κ1) is 15.4. The van der Waals surface area contributed by atoms with E-state index in [1.165, 1.54) is 27.8 Å². The highest BCUT2D eigenvalue weighted by atomic mass is 32.1. The molecule has 0 aliphatic heterocycles. The lowest BCUT2D eigenvalue weighted by atomic mass is 10.1. The van der Waals surface area contributed by atoms with Crippen LogP contribution in [0.1, 0.15) is 27.7 Å². The fraction of sp³-hybridized carbons (Fsp3) is 0.235. The van der Waals surface area contributed by atoms with Crippen LogP contribution in [-0.4, -0.2) is 15.5 Å². The zero-order chi connectivity index (χ0) is 16.6. The Kier molecular flexibility index (Phi) is 4.00. The quantitative estimate of drug-likeness (QED) is 0.804. The number of anilines is 1. The van der Waals surface area contributed by atoms with Crippen LogP contribution in [0.4, 0.5) is 5.69 Å². The van der Waals surface area contributed by atoms with Crippen molar-refractivity contribution in [2.75, 3.05) is 5.32 Å². The lowest BCUT2D eigenvalue weighted by molar-refractivity contribution is 0.103. The molecule has 0 spiro atoms. The van der Waals surface area contributed by atoms with Crippen molar-refractivity contribution in [3.63, 3.8) is 0 Å². The molecular formula is C17H17N3O2S. The zero-order valence-electron chi connectivity index (χ0n) is 13.2. The van der Waals surface area contributed by atoms with Crippen LogP contribution < -0.4 is 10.9 Å². The van der Waals surface area contributed by atoms with Crippen LogP contribution in [0.2, 0.25) is 0 Å². The first-order valence-electron chi connectivity index (χ1n) is 7.36. The highest BCUT2D eigenvalue weighted by Crippen LogP contribution is 2.27. The first-order chi connectivity index (χ1) is 11.0. The van der Waals surface area contributed by atoms with Gasteiger partial charge in [-0.25, -0.2) is 4.98 Å². The lowest BCUT2D eigenvalue weighted by Gasteiger charge is -2.05. The van der Waals surface area contributed by atoms with Gasteiger partial charge in [-0.3, -0.25) is 9.59 Å². The molecule has 0 radical (unpaired) electrons. The van der Waals surface area contributed by atoms with Crippen LogP contribution in [0.25, 0.3) is 10.2 Å². The molecule has 0 saturated heterocycles. The molecule has 0 unspecified atom stereocenters. The molecule has 0 aliphatic rings. The van der Waals surface area contributed by atoms with Crippen LogP contribution in [0.5, 0.6) is 0 Å². The Labute approximate surface area is 137 Å². The molecule has 1 N–H and O–H groups in total. The third kappa shape index (κ3) is 2.77. The van der Waals surface area contributed by atoms with Crippen molar-refractivity contribution in [1.29, 1.82) is 0 Å². The fourth-order valence-electron chi connectivity index (χ4n) is 2.44. The minimum Gasteiger partial charge on any atom is -0.321 e. The molecule has 2 aromatic heterocycles. The van der Waals surface area contributed by atoms with Crippen LogP contribution in [0, 0.1) is 6.92 Å². The van der Waals surface area contributed by atoms with Crippen molar-refractivity contribution in [2.45, 2.75) is 20.3 Å². The summed E-state index contributed by atoms with van der Waals surface area (Å²) in [6, 6.07) is 7.75. The summed E-state index contributed by atoms with van der Waals surface area (Å²) >= 11 is 1.25. The minimum atomic E-state index is -0.211. The predicted octanol–water partition coefficient (Wildman–Crippen LogP) is 3.12. The second kappa shape index (κ2) is 5.96. The van der Waals surface area contributed by atoms with E-state index in [0.717, 1.165) is 12.1 Å². The van der Waals surface area contributed by atoms with Gasteiger partial charge in [0, 0.05) is 12.7 Å². The van der Waals surface area contributed by atoms with Crippen LogP contribution >= 0.6 is 11.3 Å². The maximum absolute atomic E-state index is 12.5. The van der Waals surface area contributed by atoms with E-state index in [-0.39, 0.29) is 11.5 Å². The SMILES string of the molecule is CCc1ccc(NC(=O)c2sc3ncn(C)c(=O)c3c2C)cc1. The average Bonchev–Trinajstić information content (AvgIpc) is 2.89. The van der Waals surface area contributed by atoms with Crippen molar-refractivity contribution < 1.29 is 4.79 Å². The monoisotopic (exact) mass is 327 g/mol. The molecular weight excluding hydrogens is 310 g/mol. The second-order valence-electron chi connectivity index (χ2n) is 5.40. The van der Waals surface area contributed by atoms with Crippen LogP contribution in [-0.2, 0) is 13.5 Å². The molecule has 5 nitrogen and oxygen atoms in total. The molecule has 23 heavy (non-hydrogen) atoms. The summed E-state index contributed by atoms with van der Waals surface area (Å²) in [5.41, 5.74) is 2.51. The van der Waals surface area contributed by atoms with Crippen molar-refractivity contribution in [3.8, 4) is 0 Å². The standard InChI is InChI=1S/C17H17N3O2S/c1-4-11-5-7-12(8-6-11)19-15(21)14-10(2)13-16(23-14)18-9-20(3)17(13)22/h5-9H,4H2,1-3H3,(H,19,21). The number of thiophene rings is 1. The van der Waals surface area contributed by atoms with E-state index in [0.29, 0.717) is 20.7 Å². The predicted molar refractivity (Wildman–Crippen MR) is 93.4 cm³/mol. The van der Waals surface area contributed by atoms with Crippen molar-refractivity contribution in [1.82, 2.24) is 9.55 Å². The van der Waals surface area contributed by atoms with Crippen molar-refractivity contribution >= 4 is 33.1 Å². The normalized spacial score (nSPS) is 10.9. The van der Waals surface area contributed by atoms with Gasteiger partial charge in [0.15, 0.2) is 0 Å². The van der Waals surface area contributed by atoms with Crippen LogP contribution in [0.3, 0.4) is 0 Å². The summed E-state index contributed by atoms with van der Waals surface area (Å²) in [5, 5.41) is 3.40. The summed E-state index contributed by atoms with van der Waals surface area (Å²) in [7, 11) is 1.65.